The van der Waals surface area contributed by atoms with Crippen LogP contribution in [0.1, 0.15) is 16.7 Å². The number of nitrogens with zero attached hydrogens (tertiary/aromatic N) is 5. The maximum absolute atomic E-state index is 9.34. The zero-order valence-electron chi connectivity index (χ0n) is 15.2. The van der Waals surface area contributed by atoms with E-state index in [1.165, 1.54) is 0 Å². The first-order valence-corrected chi connectivity index (χ1v) is 8.89. The lowest BCUT2D eigenvalue weighted by Crippen LogP contribution is -2.05. The zero-order chi connectivity index (χ0) is 19.3. The molecule has 0 aliphatic rings. The second kappa shape index (κ2) is 7.82. The van der Waals surface area contributed by atoms with Crippen LogP contribution < -0.4 is 5.73 Å². The molecule has 4 rings (SSSR count). The Morgan fingerprint density at radius 1 is 1.00 bits per heavy atom. The third kappa shape index (κ3) is 3.52. The third-order valence-corrected chi connectivity index (χ3v) is 4.50. The van der Waals surface area contributed by atoms with Gasteiger partial charge in [0.25, 0.3) is 0 Å². The molecule has 28 heavy (non-hydrogen) atoms. The molecule has 0 fully saturated rings. The quantitative estimate of drug-likeness (QED) is 0.584. The molecule has 0 bridgehead atoms. The van der Waals surface area contributed by atoms with E-state index >= 15 is 0 Å². The molecule has 0 unspecified atom stereocenters. The van der Waals surface area contributed by atoms with E-state index in [1.54, 1.807) is 24.7 Å². The van der Waals surface area contributed by atoms with Crippen molar-refractivity contribution in [3.8, 4) is 28.8 Å². The highest BCUT2D eigenvalue weighted by molar-refractivity contribution is 5.63. The Balaban J connectivity index is 1.76. The summed E-state index contributed by atoms with van der Waals surface area (Å²) in [5.41, 5.74) is 9.99. The monoisotopic (exact) mass is 366 g/mol. The van der Waals surface area contributed by atoms with Gasteiger partial charge in [0.15, 0.2) is 5.82 Å². The smallest absolute Gasteiger partial charge is 0.159 e. The van der Waals surface area contributed by atoms with Gasteiger partial charge in [-0.1, -0.05) is 30.3 Å². The molecule has 0 aliphatic carbocycles. The van der Waals surface area contributed by atoms with Gasteiger partial charge in [-0.05, 0) is 23.8 Å². The molecule has 2 heterocycles. The Kier molecular flexibility index (Phi) is 4.91. The van der Waals surface area contributed by atoms with E-state index in [9.17, 15) is 5.26 Å². The van der Waals surface area contributed by atoms with E-state index in [1.807, 2.05) is 48.7 Å². The highest BCUT2D eigenvalue weighted by Gasteiger charge is 2.13. The van der Waals surface area contributed by atoms with Gasteiger partial charge >= 0.3 is 0 Å². The molecular formula is C22H18N6. The fourth-order valence-corrected chi connectivity index (χ4v) is 3.08. The average Bonchev–Trinajstić information content (AvgIpc) is 3.22. The molecule has 2 aromatic carbocycles. The summed E-state index contributed by atoms with van der Waals surface area (Å²) in [6.07, 6.45) is 7.18. The first-order chi connectivity index (χ1) is 13.8. The Morgan fingerprint density at radius 2 is 1.79 bits per heavy atom. The number of hydrogen-bond acceptors (Lipinski definition) is 5. The van der Waals surface area contributed by atoms with Crippen LogP contribution in [0.3, 0.4) is 0 Å². The van der Waals surface area contributed by atoms with Gasteiger partial charge in [-0.25, -0.2) is 15.0 Å². The van der Waals surface area contributed by atoms with Crippen molar-refractivity contribution < 1.29 is 0 Å². The topological polar surface area (TPSA) is 93.4 Å². The van der Waals surface area contributed by atoms with Gasteiger partial charge in [-0.3, -0.25) is 0 Å². The SMILES string of the molecule is N#Cc1ccc(-c2ncc(CN)cn2)c(Cn2ccnc2-c2ccccc2)c1. The first kappa shape index (κ1) is 17.6. The lowest BCUT2D eigenvalue weighted by atomic mass is 10.0. The first-order valence-electron chi connectivity index (χ1n) is 8.89. The molecule has 0 atom stereocenters. The molecule has 136 valence electrons. The molecule has 0 amide bonds. The second-order valence-electron chi connectivity index (χ2n) is 6.35. The molecule has 6 heteroatoms. The number of benzene rings is 2. The van der Waals surface area contributed by atoms with E-state index in [0.29, 0.717) is 24.5 Å². The summed E-state index contributed by atoms with van der Waals surface area (Å²) in [6.45, 7) is 0.951. The molecule has 0 radical (unpaired) electrons. The highest BCUT2D eigenvalue weighted by atomic mass is 15.1. The molecule has 0 saturated carbocycles. The van der Waals surface area contributed by atoms with Gasteiger partial charge in [0, 0.05) is 54.6 Å². The van der Waals surface area contributed by atoms with Crippen molar-refractivity contribution in [3.63, 3.8) is 0 Å². The van der Waals surface area contributed by atoms with Crippen molar-refractivity contribution in [2.75, 3.05) is 0 Å². The van der Waals surface area contributed by atoms with Gasteiger partial charge in [-0.15, -0.1) is 0 Å². The lowest BCUT2D eigenvalue weighted by Gasteiger charge is -2.12. The minimum Gasteiger partial charge on any atom is -0.327 e. The molecule has 2 N–H and O–H groups in total. The summed E-state index contributed by atoms with van der Waals surface area (Å²) in [7, 11) is 0. The van der Waals surface area contributed by atoms with Crippen LogP contribution >= 0.6 is 0 Å². The minimum absolute atomic E-state index is 0.399. The number of nitrogens with two attached hydrogens (primary N) is 1. The number of hydrogen-bond donors (Lipinski definition) is 1. The van der Waals surface area contributed by atoms with Gasteiger partial charge in [0.2, 0.25) is 0 Å². The number of rotatable bonds is 5. The Labute approximate surface area is 163 Å². The number of aromatic nitrogens is 4. The normalized spacial score (nSPS) is 10.6. The maximum Gasteiger partial charge on any atom is 0.159 e. The van der Waals surface area contributed by atoms with Crippen LogP contribution in [0.2, 0.25) is 0 Å². The fraction of sp³-hybridized carbons (Fsp3) is 0.0909. The Morgan fingerprint density at radius 3 is 2.50 bits per heavy atom. The molecular weight excluding hydrogens is 348 g/mol. The van der Waals surface area contributed by atoms with Gasteiger partial charge in [0.1, 0.15) is 5.82 Å². The van der Waals surface area contributed by atoms with Gasteiger partial charge in [-0.2, -0.15) is 5.26 Å². The summed E-state index contributed by atoms with van der Waals surface area (Å²) >= 11 is 0. The minimum atomic E-state index is 0.399. The van der Waals surface area contributed by atoms with Crippen LogP contribution in [0.4, 0.5) is 0 Å². The van der Waals surface area contributed by atoms with E-state index < -0.39 is 0 Å². The van der Waals surface area contributed by atoms with Crippen molar-refractivity contribution in [2.24, 2.45) is 5.73 Å². The van der Waals surface area contributed by atoms with E-state index in [2.05, 4.69) is 25.6 Å². The van der Waals surface area contributed by atoms with Crippen LogP contribution in [0.25, 0.3) is 22.8 Å². The molecule has 0 spiro atoms. The van der Waals surface area contributed by atoms with Crippen LogP contribution in [0.5, 0.6) is 0 Å². The predicted octanol–water partition coefficient (Wildman–Crippen LogP) is 3.39. The van der Waals surface area contributed by atoms with Crippen molar-refractivity contribution in [2.45, 2.75) is 13.1 Å². The molecule has 6 nitrogen and oxygen atoms in total. The van der Waals surface area contributed by atoms with Crippen LogP contribution in [0, 0.1) is 11.3 Å². The largest absolute Gasteiger partial charge is 0.327 e. The Hall–Kier alpha value is -3.82. The highest BCUT2D eigenvalue weighted by Crippen LogP contribution is 2.25. The zero-order valence-corrected chi connectivity index (χ0v) is 15.2. The summed E-state index contributed by atoms with van der Waals surface area (Å²) in [4.78, 5) is 13.4. The van der Waals surface area contributed by atoms with Crippen LogP contribution in [-0.2, 0) is 13.1 Å². The molecule has 0 aliphatic heterocycles. The summed E-state index contributed by atoms with van der Waals surface area (Å²) in [5.74, 6) is 1.48. The summed E-state index contributed by atoms with van der Waals surface area (Å²) < 4.78 is 2.06. The van der Waals surface area contributed by atoms with E-state index in [0.717, 1.165) is 28.1 Å². The standard InChI is InChI=1S/C22H18N6/c23-11-16-6-7-20(21-26-13-17(12-24)14-27-21)19(10-16)15-28-9-8-25-22(28)18-4-2-1-3-5-18/h1-10,13-14H,12,15,24H2. The maximum atomic E-state index is 9.34. The summed E-state index contributed by atoms with van der Waals surface area (Å²) in [6, 6.07) is 17.8. The van der Waals surface area contributed by atoms with Crippen LogP contribution in [-0.4, -0.2) is 19.5 Å². The number of imidazole rings is 1. The molecule has 4 aromatic rings. The van der Waals surface area contributed by atoms with E-state index in [-0.39, 0.29) is 0 Å². The third-order valence-electron chi connectivity index (χ3n) is 4.50. The summed E-state index contributed by atoms with van der Waals surface area (Å²) in [5, 5.41) is 9.34. The number of nitriles is 1. The van der Waals surface area contributed by atoms with Crippen molar-refractivity contribution >= 4 is 0 Å². The van der Waals surface area contributed by atoms with Gasteiger partial charge < -0.3 is 10.3 Å². The lowest BCUT2D eigenvalue weighted by molar-refractivity contribution is 0.807. The van der Waals surface area contributed by atoms with Crippen LogP contribution in [0.15, 0.2) is 73.3 Å². The van der Waals surface area contributed by atoms with Crippen molar-refractivity contribution in [3.05, 3.63) is 90.0 Å². The van der Waals surface area contributed by atoms with Crippen molar-refractivity contribution in [1.82, 2.24) is 19.5 Å². The predicted molar refractivity (Wildman–Crippen MR) is 107 cm³/mol. The molecule has 0 saturated heterocycles. The fourth-order valence-electron chi connectivity index (χ4n) is 3.08. The van der Waals surface area contributed by atoms with Crippen molar-refractivity contribution in [1.29, 1.82) is 5.26 Å². The second-order valence-corrected chi connectivity index (χ2v) is 6.35. The van der Waals surface area contributed by atoms with Gasteiger partial charge in [0.05, 0.1) is 11.6 Å². The Bertz CT molecular complexity index is 1120. The van der Waals surface area contributed by atoms with E-state index in [4.69, 9.17) is 5.73 Å². The average molecular weight is 366 g/mol. The molecule has 2 aromatic heterocycles.